The molecule has 0 aliphatic heterocycles. The van der Waals surface area contributed by atoms with Gasteiger partial charge in [0, 0.05) is 17.7 Å². The van der Waals surface area contributed by atoms with E-state index in [-0.39, 0.29) is 5.75 Å². The zero-order chi connectivity index (χ0) is 12.0. The van der Waals surface area contributed by atoms with Crippen molar-refractivity contribution in [3.63, 3.8) is 0 Å². The molecular formula is C12H14O4. The highest BCUT2D eigenvalue weighted by Crippen LogP contribution is 2.24. The molecule has 16 heavy (non-hydrogen) atoms. The maximum absolute atomic E-state index is 11.0. The highest BCUT2D eigenvalue weighted by atomic mass is 16.5. The molecular weight excluding hydrogens is 208 g/mol. The molecule has 1 aromatic carbocycles. The zero-order valence-corrected chi connectivity index (χ0v) is 9.27. The third-order valence-corrected chi connectivity index (χ3v) is 1.92. The number of aromatic hydroxyl groups is 1. The van der Waals surface area contributed by atoms with Crippen LogP contribution in [0.15, 0.2) is 24.3 Å². The van der Waals surface area contributed by atoms with Crippen LogP contribution in [0.5, 0.6) is 11.5 Å². The molecule has 0 fully saturated rings. The summed E-state index contributed by atoms with van der Waals surface area (Å²) in [6.07, 6.45) is 2.76. The summed E-state index contributed by atoms with van der Waals surface area (Å²) in [7, 11) is 1.52. The van der Waals surface area contributed by atoms with Crippen molar-refractivity contribution >= 4 is 12.0 Å². The normalized spacial score (nSPS) is 10.4. The first-order valence-electron chi connectivity index (χ1n) is 4.89. The topological polar surface area (TPSA) is 55.8 Å². The van der Waals surface area contributed by atoms with Crippen molar-refractivity contribution in [3.8, 4) is 11.5 Å². The van der Waals surface area contributed by atoms with E-state index in [2.05, 4.69) is 0 Å². The monoisotopic (exact) mass is 222 g/mol. The van der Waals surface area contributed by atoms with E-state index >= 15 is 0 Å². The van der Waals surface area contributed by atoms with E-state index in [1.54, 1.807) is 19.1 Å². The number of methoxy groups -OCH3 is 1. The minimum absolute atomic E-state index is 0.0555. The van der Waals surface area contributed by atoms with Crippen LogP contribution in [0.2, 0.25) is 0 Å². The average Bonchev–Trinajstić information content (AvgIpc) is 2.27. The Bertz CT molecular complexity index is 396. The van der Waals surface area contributed by atoms with E-state index in [9.17, 15) is 9.90 Å². The fraction of sp³-hybridized carbons (Fsp3) is 0.250. The van der Waals surface area contributed by atoms with Crippen LogP contribution in [0.1, 0.15) is 12.5 Å². The Morgan fingerprint density at radius 3 is 2.81 bits per heavy atom. The predicted molar refractivity (Wildman–Crippen MR) is 60.3 cm³/mol. The second kappa shape index (κ2) is 5.80. The maximum atomic E-state index is 11.0. The van der Waals surface area contributed by atoms with Crippen molar-refractivity contribution < 1.29 is 19.4 Å². The van der Waals surface area contributed by atoms with Gasteiger partial charge in [-0.2, -0.15) is 0 Å². The number of carbonyl (C=O) groups excluding carboxylic acids is 1. The molecule has 4 heteroatoms. The third-order valence-electron chi connectivity index (χ3n) is 1.92. The molecule has 0 amide bonds. The van der Waals surface area contributed by atoms with Crippen LogP contribution in [0.3, 0.4) is 0 Å². The molecule has 1 aromatic rings. The largest absolute Gasteiger partial charge is 0.507 e. The fourth-order valence-corrected chi connectivity index (χ4v) is 1.14. The first-order valence-corrected chi connectivity index (χ1v) is 4.89. The van der Waals surface area contributed by atoms with E-state index in [0.29, 0.717) is 17.9 Å². The number of rotatable bonds is 4. The van der Waals surface area contributed by atoms with Crippen molar-refractivity contribution in [1.29, 1.82) is 0 Å². The lowest BCUT2D eigenvalue weighted by atomic mass is 10.2. The number of hydrogen-bond acceptors (Lipinski definition) is 4. The highest BCUT2D eigenvalue weighted by molar-refractivity contribution is 5.87. The summed E-state index contributed by atoms with van der Waals surface area (Å²) in [4.78, 5) is 11.0. The summed E-state index contributed by atoms with van der Waals surface area (Å²) in [5.74, 6) is 0.184. The predicted octanol–water partition coefficient (Wildman–Crippen LogP) is 1.98. The molecule has 0 radical (unpaired) electrons. The molecule has 0 aliphatic rings. The van der Waals surface area contributed by atoms with Crippen molar-refractivity contribution in [2.75, 3.05) is 13.7 Å². The Morgan fingerprint density at radius 1 is 1.50 bits per heavy atom. The molecule has 4 nitrogen and oxygen atoms in total. The third kappa shape index (κ3) is 3.31. The smallest absolute Gasteiger partial charge is 0.330 e. The lowest BCUT2D eigenvalue weighted by Gasteiger charge is -2.02. The maximum Gasteiger partial charge on any atom is 0.330 e. The van der Waals surface area contributed by atoms with Gasteiger partial charge < -0.3 is 14.6 Å². The second-order valence-corrected chi connectivity index (χ2v) is 3.01. The first-order chi connectivity index (χ1) is 7.67. The molecule has 0 saturated carbocycles. The van der Waals surface area contributed by atoms with E-state index in [1.165, 1.54) is 25.3 Å². The van der Waals surface area contributed by atoms with Crippen LogP contribution in [0.25, 0.3) is 6.08 Å². The quantitative estimate of drug-likeness (QED) is 0.625. The van der Waals surface area contributed by atoms with Gasteiger partial charge in [0.05, 0.1) is 13.7 Å². The Hall–Kier alpha value is -1.97. The van der Waals surface area contributed by atoms with E-state index in [4.69, 9.17) is 9.47 Å². The number of phenols is 1. The van der Waals surface area contributed by atoms with Gasteiger partial charge in [0.25, 0.3) is 0 Å². The summed E-state index contributed by atoms with van der Waals surface area (Å²) in [5, 5.41) is 9.58. The summed E-state index contributed by atoms with van der Waals surface area (Å²) in [6.45, 7) is 2.06. The summed E-state index contributed by atoms with van der Waals surface area (Å²) in [5.41, 5.74) is 0.536. The van der Waals surface area contributed by atoms with Crippen LogP contribution in [-0.4, -0.2) is 24.8 Å². The van der Waals surface area contributed by atoms with Crippen LogP contribution < -0.4 is 4.74 Å². The first kappa shape index (κ1) is 12.1. The van der Waals surface area contributed by atoms with Gasteiger partial charge in [0.15, 0.2) is 0 Å². The molecule has 0 unspecified atom stereocenters. The van der Waals surface area contributed by atoms with Crippen LogP contribution in [-0.2, 0) is 9.53 Å². The van der Waals surface area contributed by atoms with Crippen molar-refractivity contribution in [2.24, 2.45) is 0 Å². The van der Waals surface area contributed by atoms with E-state index in [0.717, 1.165) is 0 Å². The van der Waals surface area contributed by atoms with Gasteiger partial charge in [0.1, 0.15) is 11.5 Å². The molecule has 0 aliphatic carbocycles. The molecule has 0 bridgehead atoms. The van der Waals surface area contributed by atoms with Crippen molar-refractivity contribution in [3.05, 3.63) is 29.8 Å². The van der Waals surface area contributed by atoms with Crippen LogP contribution >= 0.6 is 0 Å². The molecule has 0 spiro atoms. The minimum Gasteiger partial charge on any atom is -0.507 e. The van der Waals surface area contributed by atoms with Gasteiger partial charge in [-0.15, -0.1) is 0 Å². The fourth-order valence-electron chi connectivity index (χ4n) is 1.14. The van der Waals surface area contributed by atoms with Crippen LogP contribution in [0, 0.1) is 0 Å². The second-order valence-electron chi connectivity index (χ2n) is 3.01. The van der Waals surface area contributed by atoms with Gasteiger partial charge in [0.2, 0.25) is 0 Å². The standard InChI is InChI=1S/C12H14O4/c1-3-16-12(14)7-5-9-4-6-10(15-2)8-11(9)13/h4-8,13H,3H2,1-2H3/b7-5+. The molecule has 0 saturated heterocycles. The summed E-state index contributed by atoms with van der Waals surface area (Å²) in [6, 6.07) is 4.83. The molecule has 1 N–H and O–H groups in total. The highest BCUT2D eigenvalue weighted by Gasteiger charge is 2.01. The Balaban J connectivity index is 2.78. The Labute approximate surface area is 94.1 Å². The number of benzene rings is 1. The minimum atomic E-state index is -0.433. The van der Waals surface area contributed by atoms with Gasteiger partial charge in [-0.1, -0.05) is 0 Å². The lowest BCUT2D eigenvalue weighted by molar-refractivity contribution is -0.137. The molecule has 86 valence electrons. The van der Waals surface area contributed by atoms with Crippen LogP contribution in [0.4, 0.5) is 0 Å². The van der Waals surface area contributed by atoms with Crippen molar-refractivity contribution in [1.82, 2.24) is 0 Å². The van der Waals surface area contributed by atoms with Gasteiger partial charge >= 0.3 is 5.97 Å². The van der Waals surface area contributed by atoms with E-state index < -0.39 is 5.97 Å². The SMILES string of the molecule is CCOC(=O)/C=C/c1ccc(OC)cc1O. The lowest BCUT2D eigenvalue weighted by Crippen LogP contribution is -1.98. The number of esters is 1. The summed E-state index contributed by atoms with van der Waals surface area (Å²) >= 11 is 0. The molecule has 0 aromatic heterocycles. The summed E-state index contributed by atoms with van der Waals surface area (Å²) < 4.78 is 9.65. The molecule has 0 heterocycles. The number of ether oxygens (including phenoxy) is 2. The van der Waals surface area contributed by atoms with Gasteiger partial charge in [-0.25, -0.2) is 4.79 Å². The number of carbonyl (C=O) groups is 1. The molecule has 0 atom stereocenters. The van der Waals surface area contributed by atoms with Gasteiger partial charge in [-0.05, 0) is 25.1 Å². The zero-order valence-electron chi connectivity index (χ0n) is 9.27. The molecule has 1 rings (SSSR count). The Kier molecular flexibility index (Phi) is 4.39. The van der Waals surface area contributed by atoms with Crippen molar-refractivity contribution in [2.45, 2.75) is 6.92 Å². The van der Waals surface area contributed by atoms with Gasteiger partial charge in [-0.3, -0.25) is 0 Å². The Morgan fingerprint density at radius 2 is 2.25 bits per heavy atom. The van der Waals surface area contributed by atoms with E-state index in [1.807, 2.05) is 0 Å². The number of hydrogen-bond donors (Lipinski definition) is 1. The number of phenolic OH excluding ortho intramolecular Hbond substituents is 1. The average molecular weight is 222 g/mol.